The zero-order chi connectivity index (χ0) is 17.4. The van der Waals surface area contributed by atoms with Gasteiger partial charge in [-0.25, -0.2) is 13.8 Å². The van der Waals surface area contributed by atoms with E-state index in [4.69, 9.17) is 11.6 Å². The molecule has 0 saturated heterocycles. The average molecular weight is 339 g/mol. The Hall–Kier alpha value is -1.81. The van der Waals surface area contributed by atoms with Gasteiger partial charge in [0.1, 0.15) is 5.17 Å². The first kappa shape index (κ1) is 19.2. The highest BCUT2D eigenvalue weighted by molar-refractivity contribution is 6.72. The summed E-state index contributed by atoms with van der Waals surface area (Å²) in [5, 5.41) is 0.318. The summed E-state index contributed by atoms with van der Waals surface area (Å²) in [6.45, 7) is 7.38. The van der Waals surface area contributed by atoms with Crippen molar-refractivity contribution in [2.24, 2.45) is 9.98 Å². The van der Waals surface area contributed by atoms with Crippen molar-refractivity contribution in [2.75, 3.05) is 0 Å². The molecule has 0 amide bonds. The number of allylic oxidation sites excluding steroid dienone is 3. The van der Waals surface area contributed by atoms with Gasteiger partial charge in [0, 0.05) is 17.8 Å². The fourth-order valence-corrected chi connectivity index (χ4v) is 2.28. The molecule has 23 heavy (non-hydrogen) atoms. The molecule has 0 aliphatic heterocycles. The van der Waals surface area contributed by atoms with Crippen molar-refractivity contribution < 1.29 is 8.78 Å². The Morgan fingerprint density at radius 1 is 1.22 bits per heavy atom. The molecule has 0 aliphatic carbocycles. The van der Waals surface area contributed by atoms with Crippen LogP contribution in [0.15, 0.2) is 46.0 Å². The van der Waals surface area contributed by atoms with Gasteiger partial charge < -0.3 is 0 Å². The van der Waals surface area contributed by atoms with E-state index in [1.807, 2.05) is 26.8 Å². The quantitative estimate of drug-likeness (QED) is 0.547. The molecule has 0 aromatic heterocycles. The molecule has 0 radical (unpaired) electrons. The van der Waals surface area contributed by atoms with Gasteiger partial charge in [-0.1, -0.05) is 37.1 Å². The maximum absolute atomic E-state index is 13.5. The van der Waals surface area contributed by atoms with E-state index in [1.54, 1.807) is 19.2 Å². The van der Waals surface area contributed by atoms with Gasteiger partial charge in [0.25, 0.3) is 0 Å². The lowest BCUT2D eigenvalue weighted by atomic mass is 10.1. The molecule has 124 valence electrons. The van der Waals surface area contributed by atoms with E-state index in [1.165, 1.54) is 0 Å². The lowest BCUT2D eigenvalue weighted by molar-refractivity contribution is 0.508. The third kappa shape index (κ3) is 5.39. The fourth-order valence-electron chi connectivity index (χ4n) is 2.00. The summed E-state index contributed by atoms with van der Waals surface area (Å²) in [4.78, 5) is 8.63. The normalized spacial score (nSPS) is 14.0. The molecular weight excluding hydrogens is 318 g/mol. The second-order valence-electron chi connectivity index (χ2n) is 4.97. The summed E-state index contributed by atoms with van der Waals surface area (Å²) in [5.74, 6) is -1.79. The predicted molar refractivity (Wildman–Crippen MR) is 95.0 cm³/mol. The van der Waals surface area contributed by atoms with E-state index >= 15 is 0 Å². The van der Waals surface area contributed by atoms with Gasteiger partial charge in [0.2, 0.25) is 0 Å². The smallest absolute Gasteiger partial charge is 0.160 e. The van der Waals surface area contributed by atoms with Gasteiger partial charge >= 0.3 is 0 Å². The summed E-state index contributed by atoms with van der Waals surface area (Å²) in [7, 11) is 0. The molecule has 1 rings (SSSR count). The number of hydrogen-bond acceptors (Lipinski definition) is 2. The molecule has 1 aromatic rings. The third-order valence-electron chi connectivity index (χ3n) is 3.14. The zero-order valence-corrected chi connectivity index (χ0v) is 14.6. The highest BCUT2D eigenvalue weighted by atomic mass is 35.5. The number of rotatable bonds is 6. The summed E-state index contributed by atoms with van der Waals surface area (Å²) in [5.41, 5.74) is 2.34. The van der Waals surface area contributed by atoms with Crippen LogP contribution in [-0.2, 0) is 0 Å². The van der Waals surface area contributed by atoms with E-state index in [9.17, 15) is 8.78 Å². The maximum Gasteiger partial charge on any atom is 0.160 e. The molecule has 0 bridgehead atoms. The van der Waals surface area contributed by atoms with Crippen molar-refractivity contribution >= 4 is 28.2 Å². The second kappa shape index (κ2) is 9.36. The number of aliphatic imine (C=N–C) groups is 2. The molecule has 5 heteroatoms. The minimum absolute atomic E-state index is 0.318. The Kier molecular flexibility index (Phi) is 7.83. The van der Waals surface area contributed by atoms with E-state index in [-0.39, 0.29) is 0 Å². The molecule has 0 atom stereocenters. The topological polar surface area (TPSA) is 24.7 Å². The Labute approximate surface area is 141 Å². The minimum atomic E-state index is -0.916. The van der Waals surface area contributed by atoms with Crippen LogP contribution in [0.5, 0.6) is 0 Å². The van der Waals surface area contributed by atoms with Crippen LogP contribution in [0, 0.1) is 18.6 Å². The van der Waals surface area contributed by atoms with Crippen LogP contribution in [0.1, 0.15) is 39.2 Å². The van der Waals surface area contributed by atoms with Crippen LogP contribution < -0.4 is 0 Å². The van der Waals surface area contributed by atoms with Crippen LogP contribution in [0.4, 0.5) is 14.5 Å². The highest BCUT2D eigenvalue weighted by Crippen LogP contribution is 2.24. The van der Waals surface area contributed by atoms with E-state index in [0.717, 1.165) is 18.6 Å². The lowest BCUT2D eigenvalue weighted by Gasteiger charge is -2.10. The van der Waals surface area contributed by atoms with Crippen molar-refractivity contribution in [3.63, 3.8) is 0 Å². The van der Waals surface area contributed by atoms with Crippen LogP contribution in [0.25, 0.3) is 0 Å². The first-order valence-corrected chi connectivity index (χ1v) is 7.87. The Bertz CT molecular complexity index is 674. The highest BCUT2D eigenvalue weighted by Gasteiger charge is 2.13. The van der Waals surface area contributed by atoms with Crippen LogP contribution >= 0.6 is 11.6 Å². The van der Waals surface area contributed by atoms with Crippen molar-refractivity contribution in [1.29, 1.82) is 0 Å². The van der Waals surface area contributed by atoms with Gasteiger partial charge in [0.15, 0.2) is 11.6 Å². The number of hydrogen-bond donors (Lipinski definition) is 0. The fraction of sp³-hybridized carbons (Fsp3) is 0.333. The minimum Gasteiger partial charge on any atom is -0.252 e. The van der Waals surface area contributed by atoms with E-state index in [0.29, 0.717) is 34.1 Å². The molecule has 0 spiro atoms. The van der Waals surface area contributed by atoms with Gasteiger partial charge in [-0.05, 0) is 38.8 Å². The van der Waals surface area contributed by atoms with E-state index < -0.39 is 11.6 Å². The summed E-state index contributed by atoms with van der Waals surface area (Å²) >= 11 is 6.23. The first-order chi connectivity index (χ1) is 10.9. The van der Waals surface area contributed by atoms with Gasteiger partial charge in [-0.2, -0.15) is 0 Å². The van der Waals surface area contributed by atoms with Crippen molar-refractivity contribution in [3.05, 3.63) is 53.3 Å². The number of nitrogens with zero attached hydrogens (tertiary/aromatic N) is 2. The SMILES string of the molecule is C\C=C/N=C(Cl)/C(=C\C)C(CCC)=Nc1cc(F)c(F)cc1C. The monoisotopic (exact) mass is 338 g/mol. The molecule has 2 nitrogen and oxygen atoms in total. The van der Waals surface area contributed by atoms with Gasteiger partial charge in [0.05, 0.1) is 11.4 Å². The van der Waals surface area contributed by atoms with Gasteiger partial charge in [-0.15, -0.1) is 0 Å². The molecule has 0 unspecified atom stereocenters. The summed E-state index contributed by atoms with van der Waals surface area (Å²) in [6.07, 6.45) is 6.68. The Morgan fingerprint density at radius 2 is 1.87 bits per heavy atom. The number of benzene rings is 1. The molecule has 1 aromatic carbocycles. The largest absolute Gasteiger partial charge is 0.252 e. The average Bonchev–Trinajstić information content (AvgIpc) is 2.51. The third-order valence-corrected chi connectivity index (χ3v) is 3.44. The lowest BCUT2D eigenvalue weighted by Crippen LogP contribution is -2.09. The first-order valence-electron chi connectivity index (χ1n) is 7.49. The zero-order valence-electron chi connectivity index (χ0n) is 13.8. The maximum atomic E-state index is 13.5. The summed E-state index contributed by atoms with van der Waals surface area (Å²) < 4.78 is 26.7. The molecule has 0 aliphatic rings. The van der Waals surface area contributed by atoms with E-state index in [2.05, 4.69) is 9.98 Å². The molecule has 0 heterocycles. The van der Waals surface area contributed by atoms with Crippen molar-refractivity contribution in [3.8, 4) is 0 Å². The summed E-state index contributed by atoms with van der Waals surface area (Å²) in [6, 6.07) is 2.24. The molecular formula is C18H21ClF2N2. The molecule has 0 N–H and O–H groups in total. The molecule has 0 saturated carbocycles. The van der Waals surface area contributed by atoms with Crippen molar-refractivity contribution in [2.45, 2.75) is 40.5 Å². The van der Waals surface area contributed by atoms with Crippen molar-refractivity contribution in [1.82, 2.24) is 0 Å². The van der Waals surface area contributed by atoms with Crippen LogP contribution in [0.2, 0.25) is 0 Å². The number of aryl methyl sites for hydroxylation is 1. The standard InChI is InChI=1S/C18H21ClF2N2/c1-5-8-16(13(7-3)18(19)22-9-6-2)23-17-11-15(21)14(20)10-12(17)4/h6-7,9-11H,5,8H2,1-4H3/b9-6-,13-7-,22-18-,23-16?. The predicted octanol–water partition coefficient (Wildman–Crippen LogP) is 6.26. The van der Waals surface area contributed by atoms with Crippen LogP contribution in [0.3, 0.4) is 0 Å². The van der Waals surface area contributed by atoms with Crippen LogP contribution in [-0.4, -0.2) is 10.9 Å². The molecule has 0 fully saturated rings. The Morgan fingerprint density at radius 3 is 2.43 bits per heavy atom. The second-order valence-corrected chi connectivity index (χ2v) is 5.32. The van der Waals surface area contributed by atoms with Gasteiger partial charge in [-0.3, -0.25) is 4.99 Å². The number of halogens is 3. The Balaban J connectivity index is 3.37.